The standard InChI is InChI=1S/C11H14N4O4/c1-6-4-7(10(16)17)2-3-9(6)14-15(13)5-8(12)11(18)19/h2-4,8H,1,5,12-13H2,(H,16,17)(H,18,19)/b14-9-/t8-/m0/s1. The Balaban J connectivity index is 2.75. The number of carboxylic acids is 2. The van der Waals surface area contributed by atoms with Gasteiger partial charge in [-0.2, -0.15) is 5.10 Å². The third-order valence-electron chi connectivity index (χ3n) is 2.26. The van der Waals surface area contributed by atoms with E-state index in [1.54, 1.807) is 0 Å². The van der Waals surface area contributed by atoms with Crippen LogP contribution in [-0.4, -0.2) is 45.6 Å². The number of allylic oxidation sites excluding steroid dienone is 3. The Kier molecular flexibility index (Phi) is 4.56. The summed E-state index contributed by atoms with van der Waals surface area (Å²) in [5.41, 5.74) is 6.08. The lowest BCUT2D eigenvalue weighted by atomic mass is 10.0. The summed E-state index contributed by atoms with van der Waals surface area (Å²) in [6.45, 7) is 3.46. The van der Waals surface area contributed by atoms with E-state index in [1.165, 1.54) is 18.2 Å². The summed E-state index contributed by atoms with van der Waals surface area (Å²) in [5.74, 6) is 3.22. The van der Waals surface area contributed by atoms with Crippen molar-refractivity contribution in [3.05, 3.63) is 36.0 Å². The van der Waals surface area contributed by atoms with E-state index in [1.807, 2.05) is 0 Å². The van der Waals surface area contributed by atoms with Crippen LogP contribution in [0.15, 0.2) is 41.1 Å². The molecule has 0 aliphatic heterocycles. The number of nitrogens with zero attached hydrogens (tertiary/aromatic N) is 2. The Hall–Kier alpha value is -2.45. The topological polar surface area (TPSA) is 142 Å². The summed E-state index contributed by atoms with van der Waals surface area (Å²) in [6.07, 6.45) is 4.12. The molecule has 8 heteroatoms. The Labute approximate surface area is 109 Å². The molecule has 0 heterocycles. The summed E-state index contributed by atoms with van der Waals surface area (Å²) in [6, 6.07) is -1.17. The maximum absolute atomic E-state index is 10.7. The monoisotopic (exact) mass is 266 g/mol. The number of carboxylic acid groups (broad SMARTS) is 2. The first-order valence-corrected chi connectivity index (χ1v) is 5.23. The number of nitrogens with two attached hydrogens (primary N) is 2. The second kappa shape index (κ2) is 5.94. The molecule has 1 aliphatic carbocycles. The van der Waals surface area contributed by atoms with Gasteiger partial charge in [0.15, 0.2) is 0 Å². The molecule has 6 N–H and O–H groups in total. The van der Waals surface area contributed by atoms with Crippen molar-refractivity contribution in [2.75, 3.05) is 6.54 Å². The number of hydrogen-bond donors (Lipinski definition) is 4. The lowest BCUT2D eigenvalue weighted by Crippen LogP contribution is -2.43. The lowest BCUT2D eigenvalue weighted by Gasteiger charge is -2.17. The predicted octanol–water partition coefficient (Wildman–Crippen LogP) is -0.933. The lowest BCUT2D eigenvalue weighted by molar-refractivity contribution is -0.139. The van der Waals surface area contributed by atoms with E-state index in [0.717, 1.165) is 5.12 Å². The first kappa shape index (κ1) is 14.6. The van der Waals surface area contributed by atoms with E-state index in [9.17, 15) is 9.59 Å². The zero-order valence-corrected chi connectivity index (χ0v) is 9.98. The van der Waals surface area contributed by atoms with Crippen molar-refractivity contribution in [2.45, 2.75) is 6.04 Å². The molecule has 0 fully saturated rings. The van der Waals surface area contributed by atoms with Gasteiger partial charge in [-0.05, 0) is 23.8 Å². The zero-order valence-electron chi connectivity index (χ0n) is 9.98. The number of carbonyl (C=O) groups is 2. The Morgan fingerprint density at radius 1 is 1.42 bits per heavy atom. The van der Waals surface area contributed by atoms with Crippen LogP contribution in [0.2, 0.25) is 0 Å². The average molecular weight is 266 g/mol. The minimum atomic E-state index is -1.19. The van der Waals surface area contributed by atoms with E-state index in [4.69, 9.17) is 21.8 Å². The highest BCUT2D eigenvalue weighted by Crippen LogP contribution is 2.13. The molecule has 0 aromatic heterocycles. The largest absolute Gasteiger partial charge is 0.480 e. The molecule has 0 aromatic carbocycles. The second-order valence-electron chi connectivity index (χ2n) is 3.82. The van der Waals surface area contributed by atoms with Gasteiger partial charge in [-0.15, -0.1) is 0 Å². The highest BCUT2D eigenvalue weighted by molar-refractivity contribution is 6.13. The van der Waals surface area contributed by atoms with Gasteiger partial charge in [0.2, 0.25) is 0 Å². The first-order valence-electron chi connectivity index (χ1n) is 5.23. The smallest absolute Gasteiger partial charge is 0.335 e. The van der Waals surface area contributed by atoms with Gasteiger partial charge in [0.1, 0.15) is 6.04 Å². The molecule has 0 saturated carbocycles. The molecule has 8 nitrogen and oxygen atoms in total. The fourth-order valence-corrected chi connectivity index (χ4v) is 1.27. The van der Waals surface area contributed by atoms with Gasteiger partial charge < -0.3 is 15.9 Å². The molecule has 0 bridgehead atoms. The number of rotatable bonds is 5. The third kappa shape index (κ3) is 4.05. The van der Waals surface area contributed by atoms with Crippen LogP contribution in [0.1, 0.15) is 0 Å². The van der Waals surface area contributed by atoms with Gasteiger partial charge in [-0.1, -0.05) is 6.58 Å². The fraction of sp³-hybridized carbons (Fsp3) is 0.182. The van der Waals surface area contributed by atoms with E-state index in [-0.39, 0.29) is 12.1 Å². The predicted molar refractivity (Wildman–Crippen MR) is 67.9 cm³/mol. The number of hydrazine groups is 1. The molecular formula is C11H14N4O4. The molecule has 1 rings (SSSR count). The summed E-state index contributed by atoms with van der Waals surface area (Å²) in [4.78, 5) is 21.3. The Bertz CT molecular complexity index is 507. The van der Waals surface area contributed by atoms with E-state index >= 15 is 0 Å². The molecule has 102 valence electrons. The van der Waals surface area contributed by atoms with E-state index < -0.39 is 18.0 Å². The van der Waals surface area contributed by atoms with Crippen LogP contribution in [0, 0.1) is 0 Å². The van der Waals surface area contributed by atoms with E-state index in [2.05, 4.69) is 11.7 Å². The van der Waals surface area contributed by atoms with Gasteiger partial charge in [0, 0.05) is 0 Å². The van der Waals surface area contributed by atoms with Crippen LogP contribution in [0.3, 0.4) is 0 Å². The van der Waals surface area contributed by atoms with Crippen LogP contribution in [0.25, 0.3) is 0 Å². The normalized spacial score (nSPS) is 18.1. The molecule has 0 radical (unpaired) electrons. The van der Waals surface area contributed by atoms with Crippen molar-refractivity contribution in [3.8, 4) is 0 Å². The molecular weight excluding hydrogens is 252 g/mol. The average Bonchev–Trinajstić information content (AvgIpc) is 2.31. The Morgan fingerprint density at radius 3 is 2.53 bits per heavy atom. The van der Waals surface area contributed by atoms with Gasteiger partial charge in [-0.25, -0.2) is 15.8 Å². The maximum atomic E-state index is 10.7. The molecule has 0 aromatic rings. The highest BCUT2D eigenvalue weighted by atomic mass is 16.4. The number of aliphatic carboxylic acids is 2. The van der Waals surface area contributed by atoms with Crippen molar-refractivity contribution in [1.29, 1.82) is 0 Å². The van der Waals surface area contributed by atoms with Crippen LogP contribution < -0.4 is 11.6 Å². The van der Waals surface area contributed by atoms with Gasteiger partial charge >= 0.3 is 11.9 Å². The summed E-state index contributed by atoms with van der Waals surface area (Å²) in [7, 11) is 0. The van der Waals surface area contributed by atoms with Crippen molar-refractivity contribution < 1.29 is 19.8 Å². The minimum absolute atomic E-state index is 0.0785. The summed E-state index contributed by atoms with van der Waals surface area (Å²) >= 11 is 0. The Morgan fingerprint density at radius 2 is 2.05 bits per heavy atom. The summed E-state index contributed by atoms with van der Waals surface area (Å²) in [5, 5.41) is 22.2. The second-order valence-corrected chi connectivity index (χ2v) is 3.82. The van der Waals surface area contributed by atoms with Crippen molar-refractivity contribution in [2.24, 2.45) is 16.7 Å². The van der Waals surface area contributed by atoms with Crippen LogP contribution in [0.4, 0.5) is 0 Å². The molecule has 0 amide bonds. The quantitative estimate of drug-likeness (QED) is 0.371. The summed E-state index contributed by atoms with van der Waals surface area (Å²) < 4.78 is 0. The van der Waals surface area contributed by atoms with Crippen molar-refractivity contribution in [3.63, 3.8) is 0 Å². The molecule has 19 heavy (non-hydrogen) atoms. The van der Waals surface area contributed by atoms with Gasteiger partial charge in [0.25, 0.3) is 0 Å². The first-order chi connectivity index (χ1) is 8.81. The minimum Gasteiger partial charge on any atom is -0.480 e. The third-order valence-corrected chi connectivity index (χ3v) is 2.26. The van der Waals surface area contributed by atoms with Crippen molar-refractivity contribution >= 4 is 17.7 Å². The van der Waals surface area contributed by atoms with Crippen LogP contribution in [0.5, 0.6) is 0 Å². The molecule has 0 saturated heterocycles. The van der Waals surface area contributed by atoms with Gasteiger partial charge in [-0.3, -0.25) is 4.79 Å². The van der Waals surface area contributed by atoms with Crippen LogP contribution >= 0.6 is 0 Å². The molecule has 0 unspecified atom stereocenters. The van der Waals surface area contributed by atoms with Crippen molar-refractivity contribution in [1.82, 2.24) is 5.12 Å². The maximum Gasteiger partial charge on any atom is 0.335 e. The van der Waals surface area contributed by atoms with Crippen LogP contribution in [-0.2, 0) is 9.59 Å². The number of hydrogen-bond acceptors (Lipinski definition) is 6. The van der Waals surface area contributed by atoms with Gasteiger partial charge in [0.05, 0.1) is 17.8 Å². The molecule has 1 atom stereocenters. The SMILES string of the molecule is C=C1C=C(C(=O)O)C=C/C1=N/N(N)C[C@H](N)C(=O)O. The molecule has 1 aliphatic rings. The molecule has 0 spiro atoms. The number of hydrazone groups is 1. The van der Waals surface area contributed by atoms with E-state index in [0.29, 0.717) is 11.3 Å². The fourth-order valence-electron chi connectivity index (χ4n) is 1.27. The zero-order chi connectivity index (χ0) is 14.6. The highest BCUT2D eigenvalue weighted by Gasteiger charge is 2.16.